The number of rotatable bonds is 7. The molecule has 1 atom stereocenters. The van der Waals surface area contributed by atoms with Crippen molar-refractivity contribution in [2.45, 2.75) is 44.3 Å². The van der Waals surface area contributed by atoms with Gasteiger partial charge in [-0.3, -0.25) is 4.79 Å². The Balaban J connectivity index is 1.63. The summed E-state index contributed by atoms with van der Waals surface area (Å²) >= 11 is 0. The van der Waals surface area contributed by atoms with Crippen LogP contribution in [-0.4, -0.2) is 41.1 Å². The minimum atomic E-state index is -1.66. The summed E-state index contributed by atoms with van der Waals surface area (Å²) in [4.78, 5) is 27.3. The molecule has 0 saturated carbocycles. The number of likely N-dealkylation sites (N-methyl/N-ethyl adjacent to an activating group) is 1. The quantitative estimate of drug-likeness (QED) is 0.624. The van der Waals surface area contributed by atoms with Gasteiger partial charge >= 0.3 is 5.97 Å². The number of carbonyl (C=O) groups excluding carboxylic acids is 2. The molecule has 1 amide bonds. The van der Waals surface area contributed by atoms with Crippen molar-refractivity contribution >= 4 is 17.6 Å². The van der Waals surface area contributed by atoms with Crippen LogP contribution >= 0.6 is 0 Å². The van der Waals surface area contributed by atoms with Crippen LogP contribution in [0.5, 0.6) is 0 Å². The number of hydrogen-bond donors (Lipinski definition) is 2. The smallest absolute Gasteiger partial charge is 0.338 e. The van der Waals surface area contributed by atoms with Gasteiger partial charge in [0.05, 0.1) is 5.56 Å². The Morgan fingerprint density at radius 1 is 1.18 bits per heavy atom. The fourth-order valence-electron chi connectivity index (χ4n) is 4.54. The maximum atomic E-state index is 13.6. The second-order valence-electron chi connectivity index (χ2n) is 9.50. The van der Waals surface area contributed by atoms with Crippen LogP contribution in [0.4, 0.5) is 5.69 Å². The number of aliphatic hydroxyl groups is 1. The number of nitrogens with one attached hydrogen (secondary N) is 1. The molecule has 0 aromatic heterocycles. The van der Waals surface area contributed by atoms with Crippen LogP contribution < -0.4 is 5.32 Å². The topological polar surface area (TPSA) is 78.9 Å². The molecule has 2 aromatic carbocycles. The molecule has 33 heavy (non-hydrogen) atoms. The predicted octanol–water partition coefficient (Wildman–Crippen LogP) is 4.17. The van der Waals surface area contributed by atoms with Crippen molar-refractivity contribution in [1.29, 1.82) is 0 Å². The van der Waals surface area contributed by atoms with E-state index in [0.29, 0.717) is 11.3 Å². The Kier molecular flexibility index (Phi) is 6.13. The molecule has 2 aliphatic heterocycles. The first-order valence-electron chi connectivity index (χ1n) is 11.1. The Morgan fingerprint density at radius 3 is 2.67 bits per heavy atom. The normalized spacial score (nSPS) is 17.2. The van der Waals surface area contributed by atoms with E-state index in [4.69, 9.17) is 4.74 Å². The minimum absolute atomic E-state index is 0.183. The molecule has 0 bridgehead atoms. The summed E-state index contributed by atoms with van der Waals surface area (Å²) in [6, 6.07) is 15.0. The zero-order valence-electron chi connectivity index (χ0n) is 19.3. The lowest BCUT2D eigenvalue weighted by atomic mass is 9.73. The second-order valence-corrected chi connectivity index (χ2v) is 9.50. The Labute approximate surface area is 194 Å². The van der Waals surface area contributed by atoms with Crippen LogP contribution in [0, 0.1) is 0 Å². The van der Waals surface area contributed by atoms with Gasteiger partial charge in [-0.1, -0.05) is 56.3 Å². The molecule has 172 valence electrons. The summed E-state index contributed by atoms with van der Waals surface area (Å²) in [6.07, 6.45) is 6.34. The Hall–Kier alpha value is -3.38. The molecule has 0 radical (unpaired) electrons. The van der Waals surface area contributed by atoms with E-state index in [1.807, 2.05) is 74.4 Å². The predicted molar refractivity (Wildman–Crippen MR) is 128 cm³/mol. The number of benzene rings is 2. The van der Waals surface area contributed by atoms with E-state index >= 15 is 0 Å². The van der Waals surface area contributed by atoms with Crippen molar-refractivity contribution in [2.24, 2.45) is 0 Å². The number of allylic oxidation sites excluding steroid dienone is 2. The minimum Gasteiger partial charge on any atom is -0.457 e. The van der Waals surface area contributed by atoms with Gasteiger partial charge in [-0.25, -0.2) is 4.79 Å². The molecule has 1 unspecified atom stereocenters. The lowest BCUT2D eigenvalue weighted by molar-refractivity contribution is -0.136. The van der Waals surface area contributed by atoms with Crippen molar-refractivity contribution in [3.8, 4) is 0 Å². The van der Waals surface area contributed by atoms with E-state index in [9.17, 15) is 14.7 Å². The summed E-state index contributed by atoms with van der Waals surface area (Å²) in [5.74, 6) is -0.829. The molecular formula is C27H30N2O4. The van der Waals surface area contributed by atoms with Crippen LogP contribution in [-0.2, 0) is 21.6 Å². The van der Waals surface area contributed by atoms with E-state index in [-0.39, 0.29) is 25.4 Å². The van der Waals surface area contributed by atoms with E-state index in [1.165, 1.54) is 0 Å². The van der Waals surface area contributed by atoms with Crippen molar-refractivity contribution in [2.75, 3.05) is 18.9 Å². The van der Waals surface area contributed by atoms with Crippen molar-refractivity contribution < 1.29 is 19.4 Å². The summed E-state index contributed by atoms with van der Waals surface area (Å²) in [6.45, 7) is 4.99. The van der Waals surface area contributed by atoms with E-state index in [0.717, 1.165) is 23.4 Å². The molecule has 4 rings (SSSR count). The fraction of sp³-hybridized carbons (Fsp3) is 0.333. The molecule has 2 aliphatic rings. The van der Waals surface area contributed by atoms with Gasteiger partial charge in [0.15, 0.2) is 0 Å². The SMILES string of the molecule is CN1CC=CC=C1CC(O)(CC(C)(C)c1ccccc1)C(=O)Nc1ccc2c(c1)COC2=O. The second kappa shape index (κ2) is 8.87. The molecular weight excluding hydrogens is 416 g/mol. The molecule has 6 heteroatoms. The van der Waals surface area contributed by atoms with Crippen molar-refractivity contribution in [1.82, 2.24) is 4.90 Å². The van der Waals surface area contributed by atoms with Gasteiger partial charge in [-0.05, 0) is 41.7 Å². The lowest BCUT2D eigenvalue weighted by Crippen LogP contribution is -2.48. The van der Waals surface area contributed by atoms with Gasteiger partial charge in [0.2, 0.25) is 0 Å². The van der Waals surface area contributed by atoms with Crippen LogP contribution in [0.15, 0.2) is 72.5 Å². The summed E-state index contributed by atoms with van der Waals surface area (Å²) < 4.78 is 5.06. The summed E-state index contributed by atoms with van der Waals surface area (Å²) in [5, 5.41) is 14.7. The highest BCUT2D eigenvalue weighted by Gasteiger charge is 2.43. The molecule has 0 aliphatic carbocycles. The number of esters is 1. The standard InChI is InChI=1S/C27H30N2O4/c1-26(2,20-9-5-4-6-10-20)18-27(32,16-22-11-7-8-14-29(22)3)25(31)28-21-12-13-23-19(15-21)17-33-24(23)30/h4-13,15,32H,14,16-18H2,1-3H3,(H,28,31). The molecule has 2 heterocycles. The van der Waals surface area contributed by atoms with Crippen molar-refractivity contribution in [3.05, 3.63) is 89.1 Å². The summed E-state index contributed by atoms with van der Waals surface area (Å²) in [7, 11) is 1.95. The number of nitrogens with zero attached hydrogens (tertiary/aromatic N) is 1. The van der Waals surface area contributed by atoms with Gasteiger partial charge in [0, 0.05) is 37.0 Å². The van der Waals surface area contributed by atoms with Crippen molar-refractivity contribution in [3.63, 3.8) is 0 Å². The number of hydrogen-bond acceptors (Lipinski definition) is 5. The maximum absolute atomic E-state index is 13.6. The highest BCUT2D eigenvalue weighted by molar-refractivity contribution is 5.99. The number of amides is 1. The number of anilines is 1. The Bertz CT molecular complexity index is 1120. The highest BCUT2D eigenvalue weighted by Crippen LogP contribution is 2.37. The number of ether oxygens (including phenoxy) is 1. The van der Waals surface area contributed by atoms with Gasteiger partial charge < -0.3 is 20.1 Å². The van der Waals surface area contributed by atoms with Crippen LogP contribution in [0.2, 0.25) is 0 Å². The largest absolute Gasteiger partial charge is 0.457 e. The molecule has 0 spiro atoms. The molecule has 0 fully saturated rings. The number of fused-ring (bicyclic) bond motifs is 1. The first kappa shape index (κ1) is 22.8. The summed E-state index contributed by atoms with van der Waals surface area (Å²) in [5.41, 5.74) is 1.60. The number of carbonyl (C=O) groups is 2. The fourth-order valence-corrected chi connectivity index (χ4v) is 4.54. The number of cyclic esters (lactones) is 1. The van der Waals surface area contributed by atoms with E-state index in [2.05, 4.69) is 5.32 Å². The average Bonchev–Trinajstić information content (AvgIpc) is 3.15. The van der Waals surface area contributed by atoms with E-state index in [1.54, 1.807) is 18.2 Å². The van der Waals surface area contributed by atoms with Gasteiger partial charge in [-0.15, -0.1) is 0 Å². The van der Waals surface area contributed by atoms with Gasteiger partial charge in [0.1, 0.15) is 12.2 Å². The zero-order valence-corrected chi connectivity index (χ0v) is 19.3. The molecule has 2 N–H and O–H groups in total. The average molecular weight is 447 g/mol. The lowest BCUT2D eigenvalue weighted by Gasteiger charge is -2.38. The first-order chi connectivity index (χ1) is 15.7. The van der Waals surface area contributed by atoms with Gasteiger partial charge in [0.25, 0.3) is 5.91 Å². The van der Waals surface area contributed by atoms with E-state index < -0.39 is 16.9 Å². The molecule has 2 aromatic rings. The van der Waals surface area contributed by atoms with Crippen LogP contribution in [0.1, 0.15) is 48.2 Å². The van der Waals surface area contributed by atoms with Gasteiger partial charge in [-0.2, -0.15) is 0 Å². The Morgan fingerprint density at radius 2 is 1.94 bits per heavy atom. The first-order valence-corrected chi connectivity index (χ1v) is 11.1. The highest BCUT2D eigenvalue weighted by atomic mass is 16.5. The third-order valence-corrected chi connectivity index (χ3v) is 6.42. The monoisotopic (exact) mass is 446 g/mol. The molecule has 0 saturated heterocycles. The maximum Gasteiger partial charge on any atom is 0.338 e. The van der Waals surface area contributed by atoms with Crippen LogP contribution in [0.3, 0.4) is 0 Å². The third kappa shape index (κ3) is 4.86. The molecule has 6 nitrogen and oxygen atoms in total. The van der Waals surface area contributed by atoms with Crippen LogP contribution in [0.25, 0.3) is 0 Å². The zero-order chi connectivity index (χ0) is 23.6. The third-order valence-electron chi connectivity index (χ3n) is 6.42.